The molecule has 1 aromatic rings. The van der Waals surface area contributed by atoms with Crippen molar-refractivity contribution in [3.05, 3.63) is 40.9 Å². The van der Waals surface area contributed by atoms with E-state index >= 15 is 0 Å². The number of rotatable bonds is 4. The molecule has 0 aliphatic heterocycles. The van der Waals surface area contributed by atoms with E-state index in [-0.39, 0.29) is 16.8 Å². The molecule has 0 saturated carbocycles. The first-order valence-electron chi connectivity index (χ1n) is 7.51. The van der Waals surface area contributed by atoms with Crippen LogP contribution < -0.4 is 5.32 Å². The molecule has 6 nitrogen and oxygen atoms in total. The largest absolute Gasteiger partial charge is 0.481 e. The van der Waals surface area contributed by atoms with E-state index in [0.29, 0.717) is 24.1 Å². The topological polar surface area (TPSA) is 86.7 Å². The number of carboxylic acids is 1. The third kappa shape index (κ3) is 3.94. The lowest BCUT2D eigenvalue weighted by Crippen LogP contribution is -2.34. The molecule has 1 aliphatic carbocycles. The summed E-state index contributed by atoms with van der Waals surface area (Å²) in [6.07, 6.45) is 4.31. The Hall–Kier alpha value is -2.34. The van der Waals surface area contributed by atoms with Crippen molar-refractivity contribution >= 4 is 35.1 Å². The molecule has 7 heteroatoms. The van der Waals surface area contributed by atoms with Gasteiger partial charge in [0.2, 0.25) is 5.91 Å². The van der Waals surface area contributed by atoms with Gasteiger partial charge in [-0.2, -0.15) is 0 Å². The van der Waals surface area contributed by atoms with Gasteiger partial charge in [0.1, 0.15) is 0 Å². The minimum Gasteiger partial charge on any atom is -0.481 e. The Morgan fingerprint density at radius 3 is 2.33 bits per heavy atom. The molecule has 0 unspecified atom stereocenters. The lowest BCUT2D eigenvalue weighted by atomic mass is 9.82. The number of carbonyl (C=O) groups excluding carboxylic acids is 2. The Labute approximate surface area is 145 Å². The van der Waals surface area contributed by atoms with Gasteiger partial charge in [0, 0.05) is 19.8 Å². The molecule has 2 amide bonds. The molecule has 1 aliphatic rings. The van der Waals surface area contributed by atoms with Crippen molar-refractivity contribution in [1.82, 2.24) is 4.90 Å². The summed E-state index contributed by atoms with van der Waals surface area (Å²) in [4.78, 5) is 37.0. The van der Waals surface area contributed by atoms with Crippen LogP contribution in [0.3, 0.4) is 0 Å². The number of carboxylic acid groups (broad SMARTS) is 1. The average molecular weight is 351 g/mol. The van der Waals surface area contributed by atoms with Gasteiger partial charge in [0.05, 0.1) is 22.4 Å². The predicted molar refractivity (Wildman–Crippen MR) is 91.1 cm³/mol. The molecule has 0 heterocycles. The van der Waals surface area contributed by atoms with Crippen molar-refractivity contribution in [3.8, 4) is 0 Å². The molecule has 2 N–H and O–H groups in total. The normalized spacial score (nSPS) is 19.6. The molecule has 2 atom stereocenters. The summed E-state index contributed by atoms with van der Waals surface area (Å²) in [5.41, 5.74) is 0.766. The molecule has 0 saturated heterocycles. The first-order valence-corrected chi connectivity index (χ1v) is 7.89. The maximum absolute atomic E-state index is 12.4. The maximum Gasteiger partial charge on any atom is 0.307 e. The molecule has 24 heavy (non-hydrogen) atoms. The second-order valence-electron chi connectivity index (χ2n) is 5.88. The van der Waals surface area contributed by atoms with Gasteiger partial charge in [-0.3, -0.25) is 14.4 Å². The molecular weight excluding hydrogens is 332 g/mol. The highest BCUT2D eigenvalue weighted by Crippen LogP contribution is 2.28. The number of hydrogen-bond acceptors (Lipinski definition) is 3. The van der Waals surface area contributed by atoms with Crippen LogP contribution in [0.2, 0.25) is 5.02 Å². The highest BCUT2D eigenvalue weighted by molar-refractivity contribution is 6.34. The smallest absolute Gasteiger partial charge is 0.307 e. The number of benzene rings is 1. The molecule has 0 radical (unpaired) electrons. The Bertz CT molecular complexity index is 700. The SMILES string of the molecule is CN(C)C(=O)c1ccc(NC(=O)[C@@H]2CC=CC[C@H]2C(=O)O)cc1Cl. The van der Waals surface area contributed by atoms with Crippen LogP contribution in [0.25, 0.3) is 0 Å². The lowest BCUT2D eigenvalue weighted by Gasteiger charge is -2.24. The third-order valence-corrected chi connectivity index (χ3v) is 4.27. The van der Waals surface area contributed by atoms with Crippen LogP contribution in [0.4, 0.5) is 5.69 Å². The van der Waals surface area contributed by atoms with Gasteiger partial charge in [0.15, 0.2) is 0 Å². The number of anilines is 1. The van der Waals surface area contributed by atoms with E-state index in [9.17, 15) is 19.5 Å². The van der Waals surface area contributed by atoms with Crippen LogP contribution >= 0.6 is 11.6 Å². The number of amides is 2. The molecule has 1 aromatic carbocycles. The summed E-state index contributed by atoms with van der Waals surface area (Å²) in [5, 5.41) is 12.2. The Morgan fingerprint density at radius 2 is 1.79 bits per heavy atom. The van der Waals surface area contributed by atoms with Crippen molar-refractivity contribution in [3.63, 3.8) is 0 Å². The van der Waals surface area contributed by atoms with Gasteiger partial charge in [-0.15, -0.1) is 0 Å². The minimum absolute atomic E-state index is 0.227. The summed E-state index contributed by atoms with van der Waals surface area (Å²) in [5.74, 6) is -2.95. The van der Waals surface area contributed by atoms with Crippen LogP contribution in [0.15, 0.2) is 30.4 Å². The van der Waals surface area contributed by atoms with E-state index in [1.165, 1.54) is 17.0 Å². The van der Waals surface area contributed by atoms with E-state index in [2.05, 4.69) is 5.32 Å². The summed E-state index contributed by atoms with van der Waals surface area (Å²) in [7, 11) is 3.24. The van der Waals surface area contributed by atoms with Gasteiger partial charge in [-0.05, 0) is 31.0 Å². The summed E-state index contributed by atoms with van der Waals surface area (Å²) in [6.45, 7) is 0. The zero-order valence-electron chi connectivity index (χ0n) is 13.5. The van der Waals surface area contributed by atoms with E-state index < -0.39 is 17.8 Å². The number of nitrogens with one attached hydrogen (secondary N) is 1. The molecule has 0 bridgehead atoms. The standard InChI is InChI=1S/C17H19ClN2O4/c1-20(2)16(22)13-8-7-10(9-14(13)18)19-15(21)11-5-3-4-6-12(11)17(23)24/h3-4,7-9,11-12H,5-6H2,1-2H3,(H,19,21)(H,23,24)/t11-,12-/m1/s1. The van der Waals surface area contributed by atoms with E-state index in [1.807, 2.05) is 6.08 Å². The van der Waals surface area contributed by atoms with Crippen molar-refractivity contribution in [1.29, 1.82) is 0 Å². The molecule has 0 aromatic heterocycles. The highest BCUT2D eigenvalue weighted by Gasteiger charge is 2.34. The van der Waals surface area contributed by atoms with E-state index in [1.54, 1.807) is 26.2 Å². The molecule has 2 rings (SSSR count). The molecule has 0 spiro atoms. The van der Waals surface area contributed by atoms with Crippen molar-refractivity contribution in [2.24, 2.45) is 11.8 Å². The van der Waals surface area contributed by atoms with Gasteiger partial charge in [0.25, 0.3) is 5.91 Å². The average Bonchev–Trinajstić information content (AvgIpc) is 2.54. The number of halogens is 1. The van der Waals surface area contributed by atoms with Crippen molar-refractivity contribution < 1.29 is 19.5 Å². The molecule has 0 fully saturated rings. The van der Waals surface area contributed by atoms with Crippen LogP contribution in [-0.2, 0) is 9.59 Å². The first kappa shape index (κ1) is 18.0. The summed E-state index contributed by atoms with van der Waals surface area (Å²) < 4.78 is 0. The Balaban J connectivity index is 2.14. The number of nitrogens with zero attached hydrogens (tertiary/aromatic N) is 1. The first-order chi connectivity index (χ1) is 11.3. The third-order valence-electron chi connectivity index (χ3n) is 3.96. The summed E-state index contributed by atoms with van der Waals surface area (Å²) in [6, 6.07) is 4.61. The molecule has 128 valence electrons. The molecular formula is C17H19ClN2O4. The van der Waals surface area contributed by atoms with Crippen LogP contribution in [0.5, 0.6) is 0 Å². The fraction of sp³-hybridized carbons (Fsp3) is 0.353. The second kappa shape index (κ2) is 7.49. The zero-order chi connectivity index (χ0) is 17.9. The van der Waals surface area contributed by atoms with E-state index in [4.69, 9.17) is 11.6 Å². The number of aliphatic carboxylic acids is 1. The fourth-order valence-corrected chi connectivity index (χ4v) is 2.88. The quantitative estimate of drug-likeness (QED) is 0.817. The minimum atomic E-state index is -0.982. The lowest BCUT2D eigenvalue weighted by molar-refractivity contribution is -0.146. The monoisotopic (exact) mass is 350 g/mol. The number of allylic oxidation sites excluding steroid dienone is 2. The Kier molecular flexibility index (Phi) is 5.62. The van der Waals surface area contributed by atoms with Gasteiger partial charge < -0.3 is 15.3 Å². The highest BCUT2D eigenvalue weighted by atomic mass is 35.5. The Morgan fingerprint density at radius 1 is 1.17 bits per heavy atom. The number of hydrogen-bond donors (Lipinski definition) is 2. The number of carbonyl (C=O) groups is 3. The maximum atomic E-state index is 12.4. The zero-order valence-corrected chi connectivity index (χ0v) is 14.2. The van der Waals surface area contributed by atoms with E-state index in [0.717, 1.165) is 0 Å². The van der Waals surface area contributed by atoms with Crippen molar-refractivity contribution in [2.45, 2.75) is 12.8 Å². The second-order valence-corrected chi connectivity index (χ2v) is 6.28. The van der Waals surface area contributed by atoms with Gasteiger partial charge >= 0.3 is 5.97 Å². The predicted octanol–water partition coefficient (Wildman–Crippen LogP) is 2.65. The van der Waals surface area contributed by atoms with Gasteiger partial charge in [-0.1, -0.05) is 23.8 Å². The van der Waals surface area contributed by atoms with Crippen LogP contribution in [0, 0.1) is 11.8 Å². The summed E-state index contributed by atoms with van der Waals surface area (Å²) >= 11 is 6.11. The van der Waals surface area contributed by atoms with Crippen LogP contribution in [-0.4, -0.2) is 41.9 Å². The van der Waals surface area contributed by atoms with Gasteiger partial charge in [-0.25, -0.2) is 0 Å². The van der Waals surface area contributed by atoms with Crippen LogP contribution in [0.1, 0.15) is 23.2 Å². The fourth-order valence-electron chi connectivity index (χ4n) is 2.62. The van der Waals surface area contributed by atoms with Crippen molar-refractivity contribution in [2.75, 3.05) is 19.4 Å².